The minimum Gasteiger partial charge on any atom is -0.357 e. The van der Waals surface area contributed by atoms with Crippen molar-refractivity contribution in [3.63, 3.8) is 0 Å². The molecule has 1 aliphatic heterocycles. The molecule has 0 bridgehead atoms. The van der Waals surface area contributed by atoms with Gasteiger partial charge in [0, 0.05) is 33.7 Å². The summed E-state index contributed by atoms with van der Waals surface area (Å²) >= 11 is 6.06. The summed E-state index contributed by atoms with van der Waals surface area (Å²) in [4.78, 5) is 17.5. The summed E-state index contributed by atoms with van der Waals surface area (Å²) in [7, 11) is 0. The van der Waals surface area contributed by atoms with Crippen LogP contribution in [0, 0.1) is 0 Å². The van der Waals surface area contributed by atoms with Crippen LogP contribution in [0.2, 0.25) is 5.02 Å². The van der Waals surface area contributed by atoms with E-state index in [4.69, 9.17) is 11.6 Å². The van der Waals surface area contributed by atoms with E-state index in [9.17, 15) is 18.0 Å². The van der Waals surface area contributed by atoms with Gasteiger partial charge in [-0.15, -0.1) is 0 Å². The van der Waals surface area contributed by atoms with Crippen molar-refractivity contribution in [2.75, 3.05) is 6.54 Å². The van der Waals surface area contributed by atoms with Gasteiger partial charge in [0.25, 0.3) is 5.91 Å². The molecule has 0 saturated heterocycles. The number of halogens is 4. The van der Waals surface area contributed by atoms with Crippen LogP contribution in [-0.4, -0.2) is 22.3 Å². The summed E-state index contributed by atoms with van der Waals surface area (Å²) < 4.78 is 38.6. The molecule has 7 heteroatoms. The number of fused-ring (bicyclic) bond motifs is 3. The van der Waals surface area contributed by atoms with E-state index < -0.39 is 17.6 Å². The van der Waals surface area contributed by atoms with Crippen LogP contribution in [0.15, 0.2) is 42.5 Å². The molecule has 134 valence electrons. The number of nitrogens with zero attached hydrogens (tertiary/aromatic N) is 1. The largest absolute Gasteiger partial charge is 0.416 e. The molecule has 0 aliphatic carbocycles. The van der Waals surface area contributed by atoms with Crippen molar-refractivity contribution in [2.24, 2.45) is 0 Å². The van der Waals surface area contributed by atoms with Crippen molar-refractivity contribution >= 4 is 28.4 Å². The SMILES string of the molecule is O=C(c1cccc(C(F)(F)F)c1)N1CCc2c([nH]c3ccc(Cl)cc23)C1. The van der Waals surface area contributed by atoms with E-state index in [-0.39, 0.29) is 5.56 Å². The number of carbonyl (C=O) groups excluding carboxylic acids is 1. The smallest absolute Gasteiger partial charge is 0.357 e. The molecule has 1 amide bonds. The summed E-state index contributed by atoms with van der Waals surface area (Å²) in [5.41, 5.74) is 2.17. The van der Waals surface area contributed by atoms with Gasteiger partial charge in [-0.3, -0.25) is 4.79 Å². The third-order valence-electron chi connectivity index (χ3n) is 4.66. The lowest BCUT2D eigenvalue weighted by Crippen LogP contribution is -2.36. The number of benzene rings is 2. The Labute approximate surface area is 152 Å². The number of alkyl halides is 3. The van der Waals surface area contributed by atoms with Crippen LogP contribution < -0.4 is 0 Å². The van der Waals surface area contributed by atoms with Gasteiger partial charge in [0.15, 0.2) is 0 Å². The maximum absolute atomic E-state index is 12.9. The topological polar surface area (TPSA) is 36.1 Å². The highest BCUT2D eigenvalue weighted by atomic mass is 35.5. The molecule has 0 saturated carbocycles. The van der Waals surface area contributed by atoms with E-state index in [0.717, 1.165) is 34.3 Å². The van der Waals surface area contributed by atoms with Gasteiger partial charge in [0.05, 0.1) is 12.1 Å². The van der Waals surface area contributed by atoms with Gasteiger partial charge in [0.1, 0.15) is 0 Å². The molecular weight excluding hydrogens is 365 g/mol. The van der Waals surface area contributed by atoms with Crippen LogP contribution in [-0.2, 0) is 19.1 Å². The summed E-state index contributed by atoms with van der Waals surface area (Å²) in [6, 6.07) is 10.1. The first-order chi connectivity index (χ1) is 12.3. The van der Waals surface area contributed by atoms with Gasteiger partial charge < -0.3 is 9.88 Å². The molecule has 3 nitrogen and oxygen atoms in total. The lowest BCUT2D eigenvalue weighted by Gasteiger charge is -2.27. The fourth-order valence-electron chi connectivity index (χ4n) is 3.40. The molecule has 0 atom stereocenters. The molecule has 2 heterocycles. The number of carbonyl (C=O) groups is 1. The summed E-state index contributed by atoms with van der Waals surface area (Å²) in [6.07, 6.45) is -3.85. The molecule has 4 rings (SSSR count). The van der Waals surface area contributed by atoms with E-state index in [0.29, 0.717) is 24.5 Å². The van der Waals surface area contributed by atoms with E-state index in [1.807, 2.05) is 12.1 Å². The second-order valence-corrected chi connectivity index (χ2v) is 6.76. The number of hydrogen-bond donors (Lipinski definition) is 1. The van der Waals surface area contributed by atoms with Gasteiger partial charge >= 0.3 is 6.18 Å². The van der Waals surface area contributed by atoms with Crippen molar-refractivity contribution in [3.05, 3.63) is 69.9 Å². The summed E-state index contributed by atoms with van der Waals surface area (Å²) in [6.45, 7) is 0.776. The van der Waals surface area contributed by atoms with Gasteiger partial charge in [-0.05, 0) is 48.4 Å². The Hall–Kier alpha value is -2.47. The highest BCUT2D eigenvalue weighted by molar-refractivity contribution is 6.31. The van der Waals surface area contributed by atoms with Crippen molar-refractivity contribution in [2.45, 2.75) is 19.1 Å². The number of amides is 1. The third-order valence-corrected chi connectivity index (χ3v) is 4.90. The summed E-state index contributed by atoms with van der Waals surface area (Å²) in [5.74, 6) is -0.404. The number of H-pyrrole nitrogens is 1. The Morgan fingerprint density at radius 2 is 1.96 bits per heavy atom. The second kappa shape index (κ2) is 6.06. The Bertz CT molecular complexity index is 1010. The Kier molecular flexibility index (Phi) is 3.95. The van der Waals surface area contributed by atoms with E-state index >= 15 is 0 Å². The van der Waals surface area contributed by atoms with Crippen LogP contribution >= 0.6 is 11.6 Å². The van der Waals surface area contributed by atoms with Gasteiger partial charge in [0.2, 0.25) is 0 Å². The number of hydrogen-bond acceptors (Lipinski definition) is 1. The van der Waals surface area contributed by atoms with Gasteiger partial charge in [-0.25, -0.2) is 0 Å². The molecule has 0 radical (unpaired) electrons. The van der Waals surface area contributed by atoms with Crippen LogP contribution in [0.4, 0.5) is 13.2 Å². The van der Waals surface area contributed by atoms with Crippen molar-refractivity contribution < 1.29 is 18.0 Å². The summed E-state index contributed by atoms with van der Waals surface area (Å²) in [5, 5.41) is 1.67. The van der Waals surface area contributed by atoms with Crippen LogP contribution in [0.1, 0.15) is 27.2 Å². The molecule has 0 fully saturated rings. The molecule has 1 N–H and O–H groups in total. The maximum atomic E-state index is 12.9. The molecule has 1 aromatic heterocycles. The Morgan fingerprint density at radius 3 is 2.73 bits per heavy atom. The van der Waals surface area contributed by atoms with E-state index in [1.165, 1.54) is 12.1 Å². The van der Waals surface area contributed by atoms with Crippen LogP contribution in [0.3, 0.4) is 0 Å². The van der Waals surface area contributed by atoms with Crippen LogP contribution in [0.5, 0.6) is 0 Å². The maximum Gasteiger partial charge on any atom is 0.416 e. The Morgan fingerprint density at radius 1 is 1.15 bits per heavy atom. The minimum atomic E-state index is -4.47. The van der Waals surface area contributed by atoms with Crippen LogP contribution in [0.25, 0.3) is 10.9 Å². The predicted molar refractivity (Wildman–Crippen MR) is 93.2 cm³/mol. The molecule has 0 spiro atoms. The standard InChI is InChI=1S/C19H14ClF3N2O/c20-13-4-5-16-15(9-13)14-6-7-25(10-17(14)24-16)18(26)11-2-1-3-12(8-11)19(21,22)23/h1-5,8-9,24H,6-7,10H2. The molecule has 1 aliphatic rings. The fraction of sp³-hybridized carbons (Fsp3) is 0.211. The second-order valence-electron chi connectivity index (χ2n) is 6.33. The lowest BCUT2D eigenvalue weighted by atomic mass is 10.0. The fourth-order valence-corrected chi connectivity index (χ4v) is 3.57. The number of rotatable bonds is 1. The predicted octanol–water partition coefficient (Wildman–Crippen LogP) is 5.04. The highest BCUT2D eigenvalue weighted by Crippen LogP contribution is 2.32. The first-order valence-corrected chi connectivity index (χ1v) is 8.46. The molecule has 26 heavy (non-hydrogen) atoms. The molecule has 0 unspecified atom stereocenters. The quantitative estimate of drug-likeness (QED) is 0.632. The zero-order valence-electron chi connectivity index (χ0n) is 13.5. The molecule has 2 aromatic carbocycles. The normalized spacial score (nSPS) is 14.5. The number of aromatic amines is 1. The first-order valence-electron chi connectivity index (χ1n) is 8.08. The highest BCUT2D eigenvalue weighted by Gasteiger charge is 2.32. The number of aromatic nitrogens is 1. The average molecular weight is 379 g/mol. The van der Waals surface area contributed by atoms with Gasteiger partial charge in [-0.1, -0.05) is 17.7 Å². The molecule has 3 aromatic rings. The zero-order valence-corrected chi connectivity index (χ0v) is 14.3. The molecular formula is C19H14ClF3N2O. The van der Waals surface area contributed by atoms with Crippen molar-refractivity contribution in [3.8, 4) is 0 Å². The minimum absolute atomic E-state index is 0.0439. The third kappa shape index (κ3) is 2.94. The average Bonchev–Trinajstić information content (AvgIpc) is 2.97. The first kappa shape index (κ1) is 17.0. The van der Waals surface area contributed by atoms with Crippen molar-refractivity contribution in [1.29, 1.82) is 0 Å². The number of nitrogens with one attached hydrogen (secondary N) is 1. The van der Waals surface area contributed by atoms with Crippen molar-refractivity contribution in [1.82, 2.24) is 9.88 Å². The van der Waals surface area contributed by atoms with E-state index in [1.54, 1.807) is 11.0 Å². The monoisotopic (exact) mass is 378 g/mol. The zero-order chi connectivity index (χ0) is 18.5. The van der Waals surface area contributed by atoms with E-state index in [2.05, 4.69) is 4.98 Å². The lowest BCUT2D eigenvalue weighted by molar-refractivity contribution is -0.137. The van der Waals surface area contributed by atoms with Gasteiger partial charge in [-0.2, -0.15) is 13.2 Å². The Balaban J connectivity index is 1.63.